The predicted octanol–water partition coefficient (Wildman–Crippen LogP) is 4.05. The predicted molar refractivity (Wildman–Crippen MR) is 99.4 cm³/mol. The number of benzene rings is 2. The molecule has 0 saturated carbocycles. The van der Waals surface area contributed by atoms with Gasteiger partial charge in [0.05, 0.1) is 19.8 Å². The van der Waals surface area contributed by atoms with Crippen LogP contribution >= 0.6 is 0 Å². The lowest BCUT2D eigenvalue weighted by atomic mass is 10.0. The van der Waals surface area contributed by atoms with Crippen LogP contribution < -0.4 is 0 Å². The highest BCUT2D eigenvalue weighted by molar-refractivity contribution is 5.67. The van der Waals surface area contributed by atoms with Gasteiger partial charge in [-0.2, -0.15) is 0 Å². The Hall–Kier alpha value is -2.43. The fraction of sp³-hybridized carbons (Fsp3) is 0.318. The van der Waals surface area contributed by atoms with Crippen LogP contribution in [-0.4, -0.2) is 24.3 Å². The minimum Gasteiger partial charge on any atom is -0.450 e. The van der Waals surface area contributed by atoms with Crippen molar-refractivity contribution >= 4 is 5.97 Å². The van der Waals surface area contributed by atoms with Crippen molar-refractivity contribution in [2.75, 3.05) is 6.61 Å². The quantitative estimate of drug-likeness (QED) is 0.531. The van der Waals surface area contributed by atoms with Crippen molar-refractivity contribution in [1.82, 2.24) is 0 Å². The van der Waals surface area contributed by atoms with Gasteiger partial charge in [-0.1, -0.05) is 66.7 Å². The molecule has 0 unspecified atom stereocenters. The summed E-state index contributed by atoms with van der Waals surface area (Å²) in [6.07, 6.45) is 4.32. The molecule has 136 valence electrons. The van der Waals surface area contributed by atoms with Crippen LogP contribution in [0.4, 0.5) is 0 Å². The molecule has 4 nitrogen and oxygen atoms in total. The maximum atomic E-state index is 11.7. The molecule has 0 fully saturated rings. The monoisotopic (exact) mass is 352 g/mol. The molecule has 26 heavy (non-hydrogen) atoms. The molecular weight excluding hydrogens is 328 g/mol. The third-order valence-corrected chi connectivity index (χ3v) is 4.36. The first-order chi connectivity index (χ1) is 12.7. The van der Waals surface area contributed by atoms with Gasteiger partial charge < -0.3 is 14.2 Å². The van der Waals surface area contributed by atoms with Gasteiger partial charge in [-0.15, -0.1) is 0 Å². The van der Waals surface area contributed by atoms with E-state index in [-0.39, 0.29) is 18.7 Å². The molecule has 0 bridgehead atoms. The lowest BCUT2D eigenvalue weighted by molar-refractivity contribution is -0.177. The SMILES string of the molecule is CC(=O)O[C@]1(COCc2ccccc2)C=CC[C@@H]1OCc1ccccc1. The highest BCUT2D eigenvalue weighted by Gasteiger charge is 2.44. The Kier molecular flexibility index (Phi) is 6.21. The summed E-state index contributed by atoms with van der Waals surface area (Å²) in [6, 6.07) is 19.9. The lowest BCUT2D eigenvalue weighted by Crippen LogP contribution is -2.47. The van der Waals surface area contributed by atoms with Crippen LogP contribution in [0, 0.1) is 0 Å². The maximum absolute atomic E-state index is 11.7. The lowest BCUT2D eigenvalue weighted by Gasteiger charge is -2.33. The average Bonchev–Trinajstić information content (AvgIpc) is 3.03. The Morgan fingerprint density at radius 1 is 1.00 bits per heavy atom. The number of carbonyl (C=O) groups excluding carboxylic acids is 1. The smallest absolute Gasteiger partial charge is 0.303 e. The van der Waals surface area contributed by atoms with Crippen LogP contribution in [0.1, 0.15) is 24.5 Å². The zero-order valence-electron chi connectivity index (χ0n) is 15.0. The molecule has 1 aliphatic rings. The first-order valence-electron chi connectivity index (χ1n) is 8.82. The topological polar surface area (TPSA) is 44.8 Å². The summed E-state index contributed by atoms with van der Waals surface area (Å²) in [5, 5.41) is 0. The summed E-state index contributed by atoms with van der Waals surface area (Å²) in [7, 11) is 0. The largest absolute Gasteiger partial charge is 0.450 e. The number of hydrogen-bond donors (Lipinski definition) is 0. The van der Waals surface area contributed by atoms with E-state index in [2.05, 4.69) is 0 Å². The highest BCUT2D eigenvalue weighted by Crippen LogP contribution is 2.32. The van der Waals surface area contributed by atoms with E-state index in [1.54, 1.807) is 0 Å². The van der Waals surface area contributed by atoms with E-state index in [4.69, 9.17) is 14.2 Å². The molecule has 0 aromatic heterocycles. The van der Waals surface area contributed by atoms with E-state index in [1.807, 2.05) is 72.8 Å². The second kappa shape index (κ2) is 8.79. The zero-order chi connectivity index (χ0) is 18.2. The van der Waals surface area contributed by atoms with Gasteiger partial charge in [-0.25, -0.2) is 0 Å². The van der Waals surface area contributed by atoms with Crippen LogP contribution in [0.15, 0.2) is 72.8 Å². The second-order valence-corrected chi connectivity index (χ2v) is 6.45. The molecule has 0 heterocycles. The summed E-state index contributed by atoms with van der Waals surface area (Å²) in [5.41, 5.74) is 1.28. The third-order valence-electron chi connectivity index (χ3n) is 4.36. The molecule has 0 N–H and O–H groups in total. The minimum atomic E-state index is -0.880. The van der Waals surface area contributed by atoms with Crippen molar-refractivity contribution in [2.24, 2.45) is 0 Å². The molecule has 0 radical (unpaired) electrons. The molecule has 4 heteroatoms. The van der Waals surface area contributed by atoms with Gasteiger partial charge in [0.2, 0.25) is 0 Å². The van der Waals surface area contributed by atoms with Crippen molar-refractivity contribution in [2.45, 2.75) is 38.3 Å². The molecule has 2 aromatic rings. The highest BCUT2D eigenvalue weighted by atomic mass is 16.6. The van der Waals surface area contributed by atoms with E-state index >= 15 is 0 Å². The Morgan fingerprint density at radius 2 is 1.62 bits per heavy atom. The van der Waals surface area contributed by atoms with E-state index in [0.717, 1.165) is 11.1 Å². The molecule has 0 aliphatic heterocycles. The summed E-state index contributed by atoms with van der Waals surface area (Å²) >= 11 is 0. The van der Waals surface area contributed by atoms with Gasteiger partial charge in [0, 0.05) is 6.92 Å². The Bertz CT molecular complexity index is 726. The number of hydrogen-bond acceptors (Lipinski definition) is 4. The molecule has 0 spiro atoms. The average molecular weight is 352 g/mol. The van der Waals surface area contributed by atoms with Gasteiger partial charge >= 0.3 is 5.97 Å². The summed E-state index contributed by atoms with van der Waals surface area (Å²) in [4.78, 5) is 11.7. The van der Waals surface area contributed by atoms with Crippen molar-refractivity contribution in [3.8, 4) is 0 Å². The van der Waals surface area contributed by atoms with Crippen LogP contribution in [0.2, 0.25) is 0 Å². The van der Waals surface area contributed by atoms with Crippen molar-refractivity contribution in [3.63, 3.8) is 0 Å². The van der Waals surface area contributed by atoms with Crippen molar-refractivity contribution in [3.05, 3.63) is 83.9 Å². The van der Waals surface area contributed by atoms with Gasteiger partial charge in [0.25, 0.3) is 0 Å². The summed E-state index contributed by atoms with van der Waals surface area (Å²) in [5.74, 6) is -0.340. The molecule has 0 amide bonds. The first-order valence-corrected chi connectivity index (χ1v) is 8.82. The number of rotatable bonds is 8. The standard InChI is InChI=1S/C22H24O4/c1-18(23)26-22(17-24-15-19-9-4-2-5-10-19)14-8-13-21(22)25-16-20-11-6-3-7-12-20/h2-12,14,21H,13,15-17H2,1H3/t21-,22-/m0/s1. The molecular formula is C22H24O4. The van der Waals surface area contributed by atoms with Crippen LogP contribution in [0.3, 0.4) is 0 Å². The van der Waals surface area contributed by atoms with Crippen molar-refractivity contribution < 1.29 is 19.0 Å². The molecule has 2 atom stereocenters. The van der Waals surface area contributed by atoms with E-state index < -0.39 is 5.60 Å². The first kappa shape index (κ1) is 18.4. The zero-order valence-corrected chi connectivity index (χ0v) is 15.0. The fourth-order valence-corrected chi connectivity index (χ4v) is 3.12. The Morgan fingerprint density at radius 3 is 2.23 bits per heavy atom. The van der Waals surface area contributed by atoms with Crippen LogP contribution in [0.25, 0.3) is 0 Å². The van der Waals surface area contributed by atoms with Gasteiger partial charge in [-0.05, 0) is 23.6 Å². The van der Waals surface area contributed by atoms with E-state index in [9.17, 15) is 4.79 Å². The maximum Gasteiger partial charge on any atom is 0.303 e. The van der Waals surface area contributed by atoms with E-state index in [1.165, 1.54) is 6.92 Å². The van der Waals surface area contributed by atoms with Crippen LogP contribution in [-0.2, 0) is 32.2 Å². The van der Waals surface area contributed by atoms with Gasteiger partial charge in [0.15, 0.2) is 5.60 Å². The number of esters is 1. The normalized spacial score (nSPS) is 21.7. The third kappa shape index (κ3) is 4.81. The molecule has 0 saturated heterocycles. The van der Waals surface area contributed by atoms with Crippen molar-refractivity contribution in [1.29, 1.82) is 0 Å². The molecule has 1 aliphatic carbocycles. The number of ether oxygens (including phenoxy) is 3. The summed E-state index contributed by atoms with van der Waals surface area (Å²) < 4.78 is 17.6. The fourth-order valence-electron chi connectivity index (χ4n) is 3.12. The molecule has 3 rings (SSSR count). The van der Waals surface area contributed by atoms with Gasteiger partial charge in [-0.3, -0.25) is 4.79 Å². The Balaban J connectivity index is 1.64. The van der Waals surface area contributed by atoms with Crippen LogP contribution in [0.5, 0.6) is 0 Å². The van der Waals surface area contributed by atoms with E-state index in [0.29, 0.717) is 19.6 Å². The summed E-state index contributed by atoms with van der Waals surface area (Å²) in [6.45, 7) is 2.61. The number of carbonyl (C=O) groups is 1. The van der Waals surface area contributed by atoms with Gasteiger partial charge in [0.1, 0.15) is 6.10 Å². The Labute approximate surface area is 154 Å². The second-order valence-electron chi connectivity index (χ2n) is 6.45. The molecule has 2 aromatic carbocycles. The minimum absolute atomic E-state index is 0.261.